The zero-order valence-electron chi connectivity index (χ0n) is 19.6. The van der Waals surface area contributed by atoms with E-state index in [0.29, 0.717) is 38.3 Å². The lowest BCUT2D eigenvalue weighted by atomic mass is 10.1. The summed E-state index contributed by atoms with van der Waals surface area (Å²) in [4.78, 5) is 19.0. The summed E-state index contributed by atoms with van der Waals surface area (Å²) in [7, 11) is -3.12. The third-order valence-electron chi connectivity index (χ3n) is 6.18. The number of piperazine rings is 1. The van der Waals surface area contributed by atoms with Gasteiger partial charge in [-0.2, -0.15) is 4.31 Å². The molecule has 0 atom stereocenters. The Bertz CT molecular complexity index is 1210. The second-order valence-electron chi connectivity index (χ2n) is 8.74. The van der Waals surface area contributed by atoms with Gasteiger partial charge in [-0.3, -0.25) is 9.69 Å². The molecule has 3 aromatic rings. The van der Waals surface area contributed by atoms with Gasteiger partial charge in [-0.1, -0.05) is 36.4 Å². The number of sulfonamides is 1. The van der Waals surface area contributed by atoms with Crippen LogP contribution in [0, 0.1) is 6.92 Å². The van der Waals surface area contributed by atoms with Crippen LogP contribution in [0.4, 0.5) is 0 Å². The van der Waals surface area contributed by atoms with Crippen LogP contribution in [0.25, 0.3) is 0 Å². The topological polar surface area (TPSA) is 87.5 Å². The molecule has 0 bridgehead atoms. The summed E-state index contributed by atoms with van der Waals surface area (Å²) in [5, 5.41) is 2.98. The van der Waals surface area contributed by atoms with E-state index in [2.05, 4.69) is 31.9 Å². The Labute approximate surface area is 201 Å². The zero-order valence-corrected chi connectivity index (χ0v) is 20.5. The van der Waals surface area contributed by atoms with Crippen LogP contribution in [0.1, 0.15) is 32.9 Å². The predicted molar refractivity (Wildman–Crippen MR) is 132 cm³/mol. The molecule has 0 unspecified atom stereocenters. The van der Waals surface area contributed by atoms with E-state index >= 15 is 0 Å². The molecule has 180 valence electrons. The Balaban J connectivity index is 1.24. The third kappa shape index (κ3) is 6.31. The first-order chi connectivity index (χ1) is 16.3. The van der Waals surface area contributed by atoms with Gasteiger partial charge in [0.15, 0.2) is 0 Å². The standard InChI is InChI=1S/C25H31N5O3S/c1-20-26-11-12-29(20)19-23-5-3-21(4-6-23)17-27-25(31)24-9-7-22(8-10-24)18-28-13-15-30(16-14-28)34(2,32)33/h3-12H,13-19H2,1-2H3,(H,27,31). The van der Waals surface area contributed by atoms with Crippen molar-refractivity contribution in [3.63, 3.8) is 0 Å². The first-order valence-electron chi connectivity index (χ1n) is 11.4. The molecule has 4 rings (SSSR count). The minimum atomic E-state index is -3.12. The predicted octanol–water partition coefficient (Wildman–Crippen LogP) is 2.25. The highest BCUT2D eigenvalue weighted by atomic mass is 32.2. The summed E-state index contributed by atoms with van der Waals surface area (Å²) in [5.74, 6) is 0.878. The summed E-state index contributed by atoms with van der Waals surface area (Å²) >= 11 is 0. The van der Waals surface area contributed by atoms with Gasteiger partial charge < -0.3 is 9.88 Å². The summed E-state index contributed by atoms with van der Waals surface area (Å²) in [6, 6.07) is 15.8. The van der Waals surface area contributed by atoms with Gasteiger partial charge in [0.05, 0.1) is 6.26 Å². The van der Waals surface area contributed by atoms with E-state index in [1.165, 1.54) is 16.1 Å². The molecule has 1 saturated heterocycles. The van der Waals surface area contributed by atoms with E-state index in [-0.39, 0.29) is 5.91 Å². The largest absolute Gasteiger partial charge is 0.348 e. The molecule has 8 nitrogen and oxygen atoms in total. The number of carbonyl (C=O) groups is 1. The molecule has 0 spiro atoms. The number of hydrogen-bond donors (Lipinski definition) is 1. The van der Waals surface area contributed by atoms with Crippen LogP contribution in [0.3, 0.4) is 0 Å². The molecular formula is C25H31N5O3S. The summed E-state index contributed by atoms with van der Waals surface area (Å²) in [6.45, 7) is 6.41. The highest BCUT2D eigenvalue weighted by molar-refractivity contribution is 7.88. The third-order valence-corrected chi connectivity index (χ3v) is 7.48. The summed E-state index contributed by atoms with van der Waals surface area (Å²) in [6.07, 6.45) is 5.02. The van der Waals surface area contributed by atoms with E-state index in [9.17, 15) is 13.2 Å². The average molecular weight is 482 g/mol. The SMILES string of the molecule is Cc1nccn1Cc1ccc(CNC(=O)c2ccc(CN3CCN(S(C)(=O)=O)CC3)cc2)cc1. The fourth-order valence-electron chi connectivity index (χ4n) is 4.05. The first kappa shape index (κ1) is 24.1. The van der Waals surface area contributed by atoms with Crippen LogP contribution in [0.15, 0.2) is 60.9 Å². The van der Waals surface area contributed by atoms with Gasteiger partial charge in [0, 0.05) is 63.8 Å². The van der Waals surface area contributed by atoms with Crippen molar-refractivity contribution in [1.29, 1.82) is 0 Å². The lowest BCUT2D eigenvalue weighted by Gasteiger charge is -2.33. The van der Waals surface area contributed by atoms with Crippen molar-refractivity contribution in [2.24, 2.45) is 0 Å². The average Bonchev–Trinajstić information content (AvgIpc) is 3.23. The van der Waals surface area contributed by atoms with Gasteiger partial charge in [0.25, 0.3) is 5.91 Å². The second kappa shape index (κ2) is 10.5. The Hall–Kier alpha value is -3.01. The maximum Gasteiger partial charge on any atom is 0.251 e. The van der Waals surface area contributed by atoms with E-state index in [0.717, 1.165) is 30.0 Å². The molecule has 1 aliphatic rings. The number of hydrogen-bond acceptors (Lipinski definition) is 5. The van der Waals surface area contributed by atoms with E-state index in [1.807, 2.05) is 49.5 Å². The fourth-order valence-corrected chi connectivity index (χ4v) is 4.88. The number of imidazole rings is 1. The smallest absolute Gasteiger partial charge is 0.251 e. The van der Waals surface area contributed by atoms with Gasteiger partial charge >= 0.3 is 0 Å². The Morgan fingerprint density at radius 3 is 2.09 bits per heavy atom. The summed E-state index contributed by atoms with van der Waals surface area (Å²) in [5.41, 5.74) is 3.96. The quantitative estimate of drug-likeness (QED) is 0.533. The summed E-state index contributed by atoms with van der Waals surface area (Å²) < 4.78 is 26.9. The molecule has 1 amide bonds. The fraction of sp³-hybridized carbons (Fsp3) is 0.360. The Morgan fingerprint density at radius 1 is 0.912 bits per heavy atom. The molecular weight excluding hydrogens is 450 g/mol. The monoisotopic (exact) mass is 481 g/mol. The minimum Gasteiger partial charge on any atom is -0.348 e. The molecule has 0 saturated carbocycles. The van der Waals surface area contributed by atoms with Gasteiger partial charge in [-0.15, -0.1) is 0 Å². The Kier molecular flexibility index (Phi) is 7.45. The van der Waals surface area contributed by atoms with Crippen molar-refractivity contribution in [1.82, 2.24) is 24.1 Å². The number of aromatic nitrogens is 2. The number of benzene rings is 2. The lowest BCUT2D eigenvalue weighted by Crippen LogP contribution is -2.47. The molecule has 1 fully saturated rings. The number of rotatable bonds is 8. The maximum absolute atomic E-state index is 12.6. The molecule has 1 N–H and O–H groups in total. The van der Waals surface area contributed by atoms with Gasteiger partial charge in [0.1, 0.15) is 5.82 Å². The minimum absolute atomic E-state index is 0.105. The first-order valence-corrected chi connectivity index (χ1v) is 13.2. The maximum atomic E-state index is 12.6. The molecule has 1 aliphatic heterocycles. The van der Waals surface area contributed by atoms with E-state index < -0.39 is 10.0 Å². The molecule has 34 heavy (non-hydrogen) atoms. The van der Waals surface area contributed by atoms with Crippen LogP contribution >= 0.6 is 0 Å². The number of nitrogens with one attached hydrogen (secondary N) is 1. The van der Waals surface area contributed by atoms with Crippen molar-refractivity contribution >= 4 is 15.9 Å². The van der Waals surface area contributed by atoms with E-state index in [1.54, 1.807) is 6.20 Å². The van der Waals surface area contributed by atoms with Crippen LogP contribution in [-0.4, -0.2) is 65.5 Å². The van der Waals surface area contributed by atoms with Crippen molar-refractivity contribution < 1.29 is 13.2 Å². The zero-order chi connectivity index (χ0) is 24.1. The van der Waals surface area contributed by atoms with Gasteiger partial charge in [-0.05, 0) is 35.7 Å². The van der Waals surface area contributed by atoms with Crippen LogP contribution in [-0.2, 0) is 29.7 Å². The normalized spacial score (nSPS) is 15.4. The highest BCUT2D eigenvalue weighted by Gasteiger charge is 2.23. The molecule has 2 aromatic carbocycles. The number of carbonyl (C=O) groups excluding carboxylic acids is 1. The molecule has 2 heterocycles. The molecule has 9 heteroatoms. The molecule has 0 radical (unpaired) electrons. The number of nitrogens with zero attached hydrogens (tertiary/aromatic N) is 4. The van der Waals surface area contributed by atoms with Crippen molar-refractivity contribution in [2.45, 2.75) is 26.6 Å². The van der Waals surface area contributed by atoms with Crippen molar-refractivity contribution in [2.75, 3.05) is 32.4 Å². The van der Waals surface area contributed by atoms with Gasteiger partial charge in [0.2, 0.25) is 10.0 Å². The van der Waals surface area contributed by atoms with Crippen LogP contribution < -0.4 is 5.32 Å². The Morgan fingerprint density at radius 2 is 1.50 bits per heavy atom. The lowest BCUT2D eigenvalue weighted by molar-refractivity contribution is 0.0951. The highest BCUT2D eigenvalue weighted by Crippen LogP contribution is 2.13. The second-order valence-corrected chi connectivity index (χ2v) is 10.7. The van der Waals surface area contributed by atoms with Crippen LogP contribution in [0.5, 0.6) is 0 Å². The van der Waals surface area contributed by atoms with Gasteiger partial charge in [-0.25, -0.2) is 13.4 Å². The molecule has 0 aliphatic carbocycles. The van der Waals surface area contributed by atoms with E-state index in [4.69, 9.17) is 0 Å². The van der Waals surface area contributed by atoms with Crippen LogP contribution in [0.2, 0.25) is 0 Å². The number of aryl methyl sites for hydroxylation is 1. The van der Waals surface area contributed by atoms with Crippen molar-refractivity contribution in [3.05, 3.63) is 89.0 Å². The van der Waals surface area contributed by atoms with Crippen molar-refractivity contribution in [3.8, 4) is 0 Å². The number of amides is 1. The molecule has 1 aromatic heterocycles.